The largest absolute Gasteiger partial charge is 0.478 e. The molecule has 1 atom stereocenters. The molecule has 5 rings (SSSR count). The van der Waals surface area contributed by atoms with Crippen LogP contribution in [0.4, 0.5) is 4.79 Å². The summed E-state index contributed by atoms with van der Waals surface area (Å²) in [6.45, 7) is 7.03. The second-order valence-corrected chi connectivity index (χ2v) is 10.6. The maximum absolute atomic E-state index is 11.6. The van der Waals surface area contributed by atoms with E-state index in [0.717, 1.165) is 57.3 Å². The number of fused-ring (bicyclic) bond motifs is 2. The number of nitrogens with zero attached hydrogens (tertiary/aromatic N) is 3. The predicted octanol–water partition coefficient (Wildman–Crippen LogP) is 3.87. The Morgan fingerprint density at radius 1 is 0.974 bits per heavy atom. The van der Waals surface area contributed by atoms with E-state index in [1.165, 1.54) is 20.9 Å². The van der Waals surface area contributed by atoms with Crippen molar-refractivity contribution >= 4 is 41.4 Å². The molecule has 3 aliphatic heterocycles. The molecule has 202 valence electrons. The van der Waals surface area contributed by atoms with Gasteiger partial charge < -0.3 is 19.8 Å². The zero-order valence-electron chi connectivity index (χ0n) is 20.8. The van der Waals surface area contributed by atoms with E-state index in [9.17, 15) is 14.4 Å². The Balaban J connectivity index is 0.000000368. The van der Waals surface area contributed by atoms with Crippen LogP contribution in [0, 0.1) is 0 Å². The highest BCUT2D eigenvalue weighted by Gasteiger charge is 2.30. The van der Waals surface area contributed by atoms with E-state index in [4.69, 9.17) is 26.6 Å². The topological polar surface area (TPSA) is 111 Å². The van der Waals surface area contributed by atoms with Crippen molar-refractivity contribution in [2.45, 2.75) is 22.3 Å². The highest BCUT2D eigenvalue weighted by molar-refractivity contribution is 7.99. The minimum Gasteiger partial charge on any atom is -0.478 e. The zero-order chi connectivity index (χ0) is 27.1. The summed E-state index contributed by atoms with van der Waals surface area (Å²) >= 11 is 8.18. The van der Waals surface area contributed by atoms with Crippen LogP contribution in [0.2, 0.25) is 5.02 Å². The first-order chi connectivity index (χ1) is 18.3. The fourth-order valence-corrected chi connectivity index (χ4v) is 6.06. The third kappa shape index (κ3) is 7.50. The Morgan fingerprint density at radius 2 is 1.68 bits per heavy atom. The van der Waals surface area contributed by atoms with Crippen molar-refractivity contribution in [1.29, 1.82) is 0 Å². The van der Waals surface area contributed by atoms with Crippen LogP contribution < -0.4 is 0 Å². The van der Waals surface area contributed by atoms with Gasteiger partial charge >= 0.3 is 18.0 Å². The fourth-order valence-electron chi connectivity index (χ4n) is 4.75. The molecule has 2 N–H and O–H groups in total. The predicted molar refractivity (Wildman–Crippen MR) is 144 cm³/mol. The molecule has 11 heteroatoms. The standard InChI is InChI=1S/C23H26ClN3O2S.C4H4O4/c24-18-5-6-21-17(15-18)16-20(19-3-1-2-4-22(19)30-21)26-10-7-25(8-11-26)9-12-27-13-14-29-23(27)28;5-3(6)1-2-4(7)8/h1-6,15,20H,7-14,16H2;1-2H,(H,5,6)(H,7,8)/b;2-1-. The van der Waals surface area contributed by atoms with Crippen molar-refractivity contribution in [2.75, 3.05) is 52.4 Å². The SMILES string of the molecule is O=C(O)/C=C\C(=O)O.O=C1OCCN1CCN1CCN(C2Cc3cc(Cl)ccc3Sc3ccccc32)CC1. The first-order valence-electron chi connectivity index (χ1n) is 12.4. The molecule has 2 saturated heterocycles. The van der Waals surface area contributed by atoms with E-state index in [2.05, 4.69) is 46.2 Å². The van der Waals surface area contributed by atoms with Crippen molar-refractivity contribution in [3.8, 4) is 0 Å². The van der Waals surface area contributed by atoms with E-state index < -0.39 is 11.9 Å². The number of piperazine rings is 1. The number of hydrogen-bond donors (Lipinski definition) is 2. The number of carboxylic acids is 2. The monoisotopic (exact) mass is 559 g/mol. The van der Waals surface area contributed by atoms with Gasteiger partial charge in [-0.1, -0.05) is 41.6 Å². The maximum atomic E-state index is 11.6. The number of halogens is 1. The normalized spacial score (nSPS) is 19.7. The van der Waals surface area contributed by atoms with E-state index in [0.29, 0.717) is 24.8 Å². The van der Waals surface area contributed by atoms with Gasteiger partial charge in [0.15, 0.2) is 0 Å². The first-order valence-corrected chi connectivity index (χ1v) is 13.6. The van der Waals surface area contributed by atoms with E-state index in [1.54, 1.807) is 0 Å². The summed E-state index contributed by atoms with van der Waals surface area (Å²) in [5.41, 5.74) is 2.76. The molecule has 9 nitrogen and oxygen atoms in total. The van der Waals surface area contributed by atoms with Crippen molar-refractivity contribution in [3.63, 3.8) is 0 Å². The summed E-state index contributed by atoms with van der Waals surface area (Å²) in [7, 11) is 0. The van der Waals surface area contributed by atoms with Crippen LogP contribution in [-0.4, -0.2) is 95.4 Å². The molecule has 2 aromatic rings. The molecule has 0 radical (unpaired) electrons. The number of amides is 1. The van der Waals surface area contributed by atoms with Crippen molar-refractivity contribution in [3.05, 3.63) is 70.8 Å². The van der Waals surface area contributed by atoms with Crippen LogP contribution in [0.15, 0.2) is 64.4 Å². The summed E-state index contributed by atoms with van der Waals surface area (Å²) < 4.78 is 5.03. The fraction of sp³-hybridized carbons (Fsp3) is 0.370. The molecular formula is C27H30ClN3O6S. The number of benzene rings is 2. The highest BCUT2D eigenvalue weighted by Crippen LogP contribution is 2.43. The Kier molecular flexibility index (Phi) is 9.68. The summed E-state index contributed by atoms with van der Waals surface area (Å²) in [4.78, 5) is 40.3. The van der Waals surface area contributed by atoms with Gasteiger partial charge in [-0.25, -0.2) is 14.4 Å². The average molecular weight is 560 g/mol. The lowest BCUT2D eigenvalue weighted by Crippen LogP contribution is -2.49. The number of hydrogen-bond acceptors (Lipinski definition) is 7. The van der Waals surface area contributed by atoms with Crippen molar-refractivity contribution in [2.24, 2.45) is 0 Å². The third-order valence-electron chi connectivity index (χ3n) is 6.68. The van der Waals surface area contributed by atoms with E-state index >= 15 is 0 Å². The Bertz CT molecular complexity index is 1190. The number of carbonyl (C=O) groups is 3. The first kappa shape index (κ1) is 28.0. The molecule has 0 aromatic heterocycles. The second-order valence-electron chi connectivity index (χ2n) is 9.10. The molecule has 0 bridgehead atoms. The van der Waals surface area contributed by atoms with Gasteiger partial charge in [0.25, 0.3) is 0 Å². The zero-order valence-corrected chi connectivity index (χ0v) is 22.4. The molecule has 2 aromatic carbocycles. The van der Waals surface area contributed by atoms with Crippen LogP contribution in [0.1, 0.15) is 17.2 Å². The Morgan fingerprint density at radius 3 is 2.34 bits per heavy atom. The number of aliphatic carboxylic acids is 2. The van der Waals surface area contributed by atoms with Gasteiger partial charge in [0, 0.05) is 72.3 Å². The van der Waals surface area contributed by atoms with Gasteiger partial charge in [-0.3, -0.25) is 9.80 Å². The molecule has 3 aliphatic rings. The lowest BCUT2D eigenvalue weighted by molar-refractivity contribution is -0.134. The number of carboxylic acid groups (broad SMARTS) is 2. The quantitative estimate of drug-likeness (QED) is 0.509. The van der Waals surface area contributed by atoms with Crippen LogP contribution >= 0.6 is 23.4 Å². The van der Waals surface area contributed by atoms with E-state index in [1.807, 2.05) is 22.7 Å². The minimum absolute atomic E-state index is 0.168. The number of ether oxygens (including phenoxy) is 1. The van der Waals surface area contributed by atoms with Crippen LogP contribution in [0.3, 0.4) is 0 Å². The van der Waals surface area contributed by atoms with Crippen LogP contribution in [-0.2, 0) is 20.7 Å². The number of cyclic esters (lactones) is 1. The number of rotatable bonds is 6. The van der Waals surface area contributed by atoms with Gasteiger partial charge in [0.1, 0.15) is 6.61 Å². The van der Waals surface area contributed by atoms with Crippen molar-refractivity contribution in [1.82, 2.24) is 14.7 Å². The summed E-state index contributed by atoms with van der Waals surface area (Å²) in [6, 6.07) is 15.5. The molecule has 0 aliphatic carbocycles. The molecule has 0 spiro atoms. The smallest absolute Gasteiger partial charge is 0.409 e. The molecular weight excluding hydrogens is 530 g/mol. The molecule has 38 heavy (non-hydrogen) atoms. The molecule has 1 amide bonds. The van der Waals surface area contributed by atoms with Crippen LogP contribution in [0.25, 0.3) is 0 Å². The Hall–Kier alpha value is -3.05. The van der Waals surface area contributed by atoms with Gasteiger partial charge in [-0.05, 0) is 41.8 Å². The highest BCUT2D eigenvalue weighted by atomic mass is 35.5. The number of carbonyl (C=O) groups excluding carboxylic acids is 1. The minimum atomic E-state index is -1.26. The third-order valence-corrected chi connectivity index (χ3v) is 8.13. The lowest BCUT2D eigenvalue weighted by atomic mass is 9.96. The van der Waals surface area contributed by atoms with Gasteiger partial charge in [-0.2, -0.15) is 0 Å². The molecule has 3 heterocycles. The Labute approximate surface area is 230 Å². The maximum Gasteiger partial charge on any atom is 0.409 e. The second kappa shape index (κ2) is 13.1. The average Bonchev–Trinajstić information content (AvgIpc) is 3.24. The molecule has 1 unspecified atom stereocenters. The molecule has 2 fully saturated rings. The van der Waals surface area contributed by atoms with Gasteiger partial charge in [0.2, 0.25) is 0 Å². The van der Waals surface area contributed by atoms with Gasteiger partial charge in [-0.15, -0.1) is 0 Å². The van der Waals surface area contributed by atoms with E-state index in [-0.39, 0.29) is 6.09 Å². The van der Waals surface area contributed by atoms with Gasteiger partial charge in [0.05, 0.1) is 6.54 Å². The lowest BCUT2D eigenvalue weighted by Gasteiger charge is -2.40. The summed E-state index contributed by atoms with van der Waals surface area (Å²) in [5.74, 6) is -2.51. The summed E-state index contributed by atoms with van der Waals surface area (Å²) in [6.07, 6.45) is 1.93. The van der Waals surface area contributed by atoms with Crippen LogP contribution in [0.5, 0.6) is 0 Å². The molecule has 0 saturated carbocycles. The summed E-state index contributed by atoms with van der Waals surface area (Å²) in [5, 5.41) is 16.4. The van der Waals surface area contributed by atoms with Crippen molar-refractivity contribution < 1.29 is 29.3 Å².